The van der Waals surface area contributed by atoms with Gasteiger partial charge in [-0.2, -0.15) is 0 Å². The first-order valence-electron chi connectivity index (χ1n) is 13.6. The second-order valence-corrected chi connectivity index (χ2v) is 11.2. The summed E-state index contributed by atoms with van der Waals surface area (Å²) in [6, 6.07) is 8.67. The minimum atomic E-state index is -1.02. The van der Waals surface area contributed by atoms with Crippen LogP contribution in [0.4, 0.5) is 10.1 Å². The molecule has 4 N–H and O–H groups in total. The Labute approximate surface area is 237 Å². The van der Waals surface area contributed by atoms with Gasteiger partial charge in [0.05, 0.1) is 41.5 Å². The quantitative estimate of drug-likeness (QED) is 0.294. The molecule has 4 heterocycles. The molecular formula is C29H36FN7O4. The number of rotatable bonds is 9. The highest BCUT2D eigenvalue weighted by Gasteiger charge is 2.30. The topological polar surface area (TPSA) is 125 Å². The molecular weight excluding hydrogens is 529 g/mol. The number of allylic oxidation sites excluding steroid dienone is 1. The van der Waals surface area contributed by atoms with E-state index < -0.39 is 17.9 Å². The Bertz CT molecular complexity index is 1490. The molecule has 0 spiro atoms. The molecule has 3 aromatic rings. The van der Waals surface area contributed by atoms with Crippen LogP contribution >= 0.6 is 0 Å². The fraction of sp³-hybridized carbons (Fsp3) is 0.414. The number of hydrogen-bond acceptors (Lipinski definition) is 8. The fourth-order valence-corrected chi connectivity index (χ4v) is 5.24. The molecule has 1 aromatic carbocycles. The first-order valence-corrected chi connectivity index (χ1v) is 13.6. The number of piperidine rings is 1. The molecule has 1 amide bonds. The summed E-state index contributed by atoms with van der Waals surface area (Å²) in [5.41, 5.74) is 4.24. The van der Waals surface area contributed by atoms with Gasteiger partial charge in [-0.1, -0.05) is 12.6 Å². The second kappa shape index (κ2) is 11.5. The SMILES string of the molecule is C=CC(=O)n1c(C2N=C(CNC(=O)c3ccn(CC(C)(C)O)c3)ON2)cc2c(NC3CCN(C)CC3F)cccc21. The lowest BCUT2D eigenvalue weighted by Gasteiger charge is -2.33. The molecule has 0 bridgehead atoms. The lowest BCUT2D eigenvalue weighted by atomic mass is 10.0. The number of aliphatic imine (C=N–C) groups is 1. The van der Waals surface area contributed by atoms with Crippen molar-refractivity contribution in [2.45, 2.75) is 50.8 Å². The first-order chi connectivity index (χ1) is 19.5. The van der Waals surface area contributed by atoms with Crippen molar-refractivity contribution >= 4 is 34.3 Å². The molecule has 3 unspecified atom stereocenters. The van der Waals surface area contributed by atoms with Crippen molar-refractivity contribution in [3.63, 3.8) is 0 Å². The molecule has 11 nitrogen and oxygen atoms in total. The maximum Gasteiger partial charge on any atom is 0.254 e. The molecule has 5 rings (SSSR count). The standard InChI is InChI=1S/C29H36FN7O4/c1-5-26(38)37-23-8-6-7-21(32-22-10-11-35(4)16-20(22)30)19(23)13-24(37)27-33-25(41-34-27)14-31-28(39)18-9-12-36(15-18)17-29(2,3)40/h5-9,12-13,15,20,22,27,32,34,40H,1,10-11,14,16-17H2,2-4H3,(H,31,39). The van der Waals surface area contributed by atoms with Gasteiger partial charge in [-0.15, -0.1) is 5.48 Å². The monoisotopic (exact) mass is 565 g/mol. The number of aromatic nitrogens is 2. The molecule has 218 valence electrons. The summed E-state index contributed by atoms with van der Waals surface area (Å²) in [5, 5.41) is 16.9. The van der Waals surface area contributed by atoms with Gasteiger partial charge < -0.3 is 30.0 Å². The molecule has 1 saturated heterocycles. The van der Waals surface area contributed by atoms with Crippen LogP contribution in [-0.4, -0.2) is 81.3 Å². The fourth-order valence-electron chi connectivity index (χ4n) is 5.24. The summed E-state index contributed by atoms with van der Waals surface area (Å²) in [5.74, 6) is -0.419. The Balaban J connectivity index is 1.34. The lowest BCUT2D eigenvalue weighted by molar-refractivity contribution is 0.0615. The number of carbonyl (C=O) groups excluding carboxylic acids is 2. The van der Waals surface area contributed by atoms with Crippen molar-refractivity contribution in [1.29, 1.82) is 0 Å². The van der Waals surface area contributed by atoms with Gasteiger partial charge >= 0.3 is 0 Å². The maximum absolute atomic E-state index is 14.8. The molecule has 2 aliphatic rings. The number of alkyl halides is 1. The number of fused-ring (bicyclic) bond motifs is 1. The Morgan fingerprint density at radius 2 is 2.15 bits per heavy atom. The Hall–Kier alpha value is -4.00. The van der Waals surface area contributed by atoms with Crippen molar-refractivity contribution in [2.75, 3.05) is 32.0 Å². The van der Waals surface area contributed by atoms with E-state index in [9.17, 15) is 19.1 Å². The minimum Gasteiger partial charge on any atom is -0.389 e. The Morgan fingerprint density at radius 3 is 2.88 bits per heavy atom. The third-order valence-corrected chi connectivity index (χ3v) is 7.18. The molecule has 3 atom stereocenters. The van der Waals surface area contributed by atoms with Crippen molar-refractivity contribution < 1.29 is 23.9 Å². The van der Waals surface area contributed by atoms with E-state index in [1.807, 2.05) is 36.2 Å². The summed E-state index contributed by atoms with van der Waals surface area (Å²) in [6.07, 6.45) is 3.53. The van der Waals surface area contributed by atoms with Gasteiger partial charge in [-0.05, 0) is 57.7 Å². The molecule has 2 aliphatic heterocycles. The average Bonchev–Trinajstić information content (AvgIpc) is 3.66. The van der Waals surface area contributed by atoms with Crippen LogP contribution in [0.15, 0.2) is 60.4 Å². The number of anilines is 1. The molecule has 41 heavy (non-hydrogen) atoms. The number of nitrogens with zero attached hydrogens (tertiary/aromatic N) is 4. The number of hydroxylamine groups is 1. The highest BCUT2D eigenvalue weighted by Crippen LogP contribution is 2.33. The zero-order valence-electron chi connectivity index (χ0n) is 23.4. The van der Waals surface area contributed by atoms with Crippen LogP contribution in [0.25, 0.3) is 10.9 Å². The number of halogens is 1. The van der Waals surface area contributed by atoms with E-state index >= 15 is 0 Å². The third kappa shape index (κ3) is 6.34. The van der Waals surface area contributed by atoms with Gasteiger partial charge in [-0.3, -0.25) is 14.2 Å². The number of hydrogen-bond donors (Lipinski definition) is 4. The highest BCUT2D eigenvalue weighted by atomic mass is 19.1. The third-order valence-electron chi connectivity index (χ3n) is 7.18. The van der Waals surface area contributed by atoms with Gasteiger partial charge in [0, 0.05) is 36.6 Å². The van der Waals surface area contributed by atoms with Crippen molar-refractivity contribution in [1.82, 2.24) is 24.8 Å². The predicted molar refractivity (Wildman–Crippen MR) is 155 cm³/mol. The molecule has 2 aromatic heterocycles. The molecule has 1 fully saturated rings. The predicted octanol–water partition coefficient (Wildman–Crippen LogP) is 2.86. The van der Waals surface area contributed by atoms with Crippen LogP contribution in [0.5, 0.6) is 0 Å². The van der Waals surface area contributed by atoms with Crippen molar-refractivity contribution in [2.24, 2.45) is 4.99 Å². The van der Waals surface area contributed by atoms with E-state index in [0.717, 1.165) is 17.6 Å². The minimum absolute atomic E-state index is 0.0233. The number of nitrogens with one attached hydrogen (secondary N) is 3. The summed E-state index contributed by atoms with van der Waals surface area (Å²) < 4.78 is 18.0. The first kappa shape index (κ1) is 28.5. The van der Waals surface area contributed by atoms with Gasteiger partial charge in [0.2, 0.25) is 5.90 Å². The Kier molecular flexibility index (Phi) is 7.98. The van der Waals surface area contributed by atoms with E-state index in [1.165, 1.54) is 10.6 Å². The van der Waals surface area contributed by atoms with Crippen LogP contribution in [0.2, 0.25) is 0 Å². The van der Waals surface area contributed by atoms with Crippen LogP contribution in [0, 0.1) is 0 Å². The number of carbonyl (C=O) groups is 2. The zero-order valence-corrected chi connectivity index (χ0v) is 23.4. The van der Waals surface area contributed by atoms with Crippen molar-refractivity contribution in [3.8, 4) is 0 Å². The van der Waals surface area contributed by atoms with Gasteiger partial charge in [0.25, 0.3) is 11.8 Å². The molecule has 12 heteroatoms. The number of amides is 1. The summed E-state index contributed by atoms with van der Waals surface area (Å²) in [7, 11) is 1.91. The summed E-state index contributed by atoms with van der Waals surface area (Å²) in [6.45, 7) is 8.56. The van der Waals surface area contributed by atoms with Crippen LogP contribution in [-0.2, 0) is 11.4 Å². The van der Waals surface area contributed by atoms with E-state index in [2.05, 4.69) is 27.7 Å². The van der Waals surface area contributed by atoms with Gasteiger partial charge in [0.15, 0.2) is 6.17 Å². The van der Waals surface area contributed by atoms with E-state index in [1.54, 1.807) is 36.9 Å². The summed E-state index contributed by atoms with van der Waals surface area (Å²) in [4.78, 5) is 37.7. The van der Waals surface area contributed by atoms with Crippen molar-refractivity contribution in [3.05, 3.63) is 66.6 Å². The maximum atomic E-state index is 14.8. The number of likely N-dealkylation sites (tertiary alicyclic amines) is 1. The molecule has 0 aliphatic carbocycles. The van der Waals surface area contributed by atoms with E-state index in [4.69, 9.17) is 4.84 Å². The van der Waals surface area contributed by atoms with E-state index in [-0.39, 0.29) is 30.3 Å². The lowest BCUT2D eigenvalue weighted by Crippen LogP contribution is -2.46. The largest absolute Gasteiger partial charge is 0.389 e. The molecule has 0 radical (unpaired) electrons. The molecule has 0 saturated carbocycles. The van der Waals surface area contributed by atoms with E-state index in [0.29, 0.717) is 36.3 Å². The average molecular weight is 566 g/mol. The van der Waals surface area contributed by atoms with Gasteiger partial charge in [-0.25, -0.2) is 9.38 Å². The summed E-state index contributed by atoms with van der Waals surface area (Å²) >= 11 is 0. The second-order valence-electron chi connectivity index (χ2n) is 11.2. The van der Waals surface area contributed by atoms with Crippen LogP contribution in [0.1, 0.15) is 47.3 Å². The normalized spacial score (nSPS) is 21.4. The Morgan fingerprint density at radius 1 is 1.34 bits per heavy atom. The van der Waals surface area contributed by atoms with Gasteiger partial charge in [0.1, 0.15) is 6.17 Å². The van der Waals surface area contributed by atoms with Crippen LogP contribution in [0.3, 0.4) is 0 Å². The van der Waals surface area contributed by atoms with Crippen LogP contribution < -0.4 is 16.1 Å². The number of aliphatic hydroxyl groups is 1. The smallest absolute Gasteiger partial charge is 0.254 e. The zero-order chi connectivity index (χ0) is 29.3. The number of benzene rings is 1. The highest BCUT2D eigenvalue weighted by molar-refractivity contribution is 6.03.